The average Bonchev–Trinajstić information content (AvgIpc) is 3.41. The molecule has 1 aliphatic rings. The highest BCUT2D eigenvalue weighted by atomic mass is 17.0. The Labute approximate surface area is 494 Å². The lowest BCUT2D eigenvalue weighted by atomic mass is 9.89. The second-order valence-corrected chi connectivity index (χ2v) is 23.2. The Morgan fingerprint density at radius 1 is 0.494 bits per heavy atom. The van der Waals surface area contributed by atoms with Crippen molar-refractivity contribution in [2.45, 2.75) is 168 Å². The van der Waals surface area contributed by atoms with Crippen LogP contribution in [0.1, 0.15) is 178 Å². The average molecular weight is 1180 g/mol. The van der Waals surface area contributed by atoms with Crippen LogP contribution < -0.4 is 4.74 Å². The first-order valence-corrected chi connectivity index (χ1v) is 28.0. The third kappa shape index (κ3) is 67.4. The van der Waals surface area contributed by atoms with E-state index in [1.54, 1.807) is 13.8 Å². The minimum atomic E-state index is -0.913. The molecule has 1 aliphatic heterocycles. The number of ether oxygens (including phenoxy) is 2. The minimum Gasteiger partial charge on any atom is -0.494 e. The number of carbonyl (C=O) groups is 3. The third-order valence-electron chi connectivity index (χ3n) is 10.6. The fraction of sp³-hybridized carbons (Fsp3) is 0.650. The SMILES string of the molecule is CC(C)(C)CCC(=O)N1CCN(CO[N+](=O)[O-])CC1.CC(C)(C)CCCC(=O)c1ccccc1.CC(C)(C)CCOc1ccccc1.CCC(=O)CCCC(C)(C)C.CCO[N+](=O)[O-].CCO[N+](=O)[O-].COCO[N+](=O)[O-].c1ccccc1. The number of ketones is 2. The maximum absolute atomic E-state index is 12.0. The van der Waals surface area contributed by atoms with Gasteiger partial charge in [0.25, 0.3) is 20.3 Å². The zero-order valence-corrected chi connectivity index (χ0v) is 52.8. The van der Waals surface area contributed by atoms with Crippen LogP contribution in [0.4, 0.5) is 0 Å². The van der Waals surface area contributed by atoms with E-state index in [2.05, 4.69) is 107 Å². The Morgan fingerprint density at radius 3 is 1.22 bits per heavy atom. The van der Waals surface area contributed by atoms with E-state index in [0.29, 0.717) is 67.5 Å². The minimum absolute atomic E-state index is 0.0168. The predicted octanol–water partition coefficient (Wildman–Crippen LogP) is 13.8. The van der Waals surface area contributed by atoms with Crippen LogP contribution in [-0.4, -0.2) is 114 Å². The Bertz CT molecular complexity index is 2060. The highest BCUT2D eigenvalue weighted by molar-refractivity contribution is 5.95. The summed E-state index contributed by atoms with van der Waals surface area (Å²) in [7, 11) is 1.31. The summed E-state index contributed by atoms with van der Waals surface area (Å²) in [5.74, 6) is 1.80. The highest BCUT2D eigenvalue weighted by Crippen LogP contribution is 2.24. The first-order chi connectivity index (χ1) is 38.6. The molecule has 0 spiro atoms. The van der Waals surface area contributed by atoms with Crippen molar-refractivity contribution in [1.82, 2.24) is 9.80 Å². The summed E-state index contributed by atoms with van der Waals surface area (Å²) in [5.41, 5.74) is 2.07. The second kappa shape index (κ2) is 49.6. The van der Waals surface area contributed by atoms with Gasteiger partial charge in [0.1, 0.15) is 18.3 Å². The molecule has 23 nitrogen and oxygen atoms in total. The molecular weight excluding hydrogens is 1080 g/mol. The topological polar surface area (TPSA) is 286 Å². The summed E-state index contributed by atoms with van der Waals surface area (Å²) < 4.78 is 9.77. The zero-order valence-electron chi connectivity index (χ0n) is 52.8. The van der Waals surface area contributed by atoms with Crippen molar-refractivity contribution < 1.29 is 63.6 Å². The molecule has 3 aromatic carbocycles. The van der Waals surface area contributed by atoms with Crippen molar-refractivity contribution >= 4 is 17.5 Å². The van der Waals surface area contributed by atoms with Crippen LogP contribution in [0.25, 0.3) is 0 Å². The van der Waals surface area contributed by atoms with E-state index >= 15 is 0 Å². The number of piperazine rings is 1. The van der Waals surface area contributed by atoms with Gasteiger partial charge >= 0.3 is 0 Å². The normalized spacial score (nSPS) is 11.7. The summed E-state index contributed by atoms with van der Waals surface area (Å²) in [6.07, 6.45) is 8.95. The number of amides is 1. The monoisotopic (exact) mass is 1180 g/mol. The van der Waals surface area contributed by atoms with Crippen molar-refractivity contribution in [2.75, 3.05) is 66.6 Å². The quantitative estimate of drug-likeness (QED) is 0.0369. The van der Waals surface area contributed by atoms with Crippen LogP contribution in [0.5, 0.6) is 5.75 Å². The van der Waals surface area contributed by atoms with Gasteiger partial charge in [0.15, 0.2) is 12.6 Å². The first kappa shape index (κ1) is 82.5. The lowest BCUT2D eigenvalue weighted by Gasteiger charge is -2.34. The molecule has 1 fully saturated rings. The van der Waals surface area contributed by atoms with Gasteiger partial charge in [-0.3, -0.25) is 29.0 Å². The third-order valence-corrected chi connectivity index (χ3v) is 10.6. The second-order valence-electron chi connectivity index (χ2n) is 23.2. The van der Waals surface area contributed by atoms with Gasteiger partial charge in [-0.15, -0.1) is 40.5 Å². The number of methoxy groups -OCH3 is 1. The Hall–Kier alpha value is -7.01. The number of hydrogen-bond donors (Lipinski definition) is 0. The van der Waals surface area contributed by atoms with Gasteiger partial charge in [-0.2, -0.15) is 0 Å². The Balaban J connectivity index is -0.000000446. The number of benzene rings is 3. The molecule has 474 valence electrons. The number of hydrogen-bond acceptors (Lipinski definition) is 18. The van der Waals surface area contributed by atoms with E-state index in [1.807, 2.05) is 114 Å². The smallest absolute Gasteiger partial charge is 0.296 e. The summed E-state index contributed by atoms with van der Waals surface area (Å²) in [6.45, 7) is 34.6. The van der Waals surface area contributed by atoms with Gasteiger partial charge < -0.3 is 24.0 Å². The molecule has 0 saturated carbocycles. The van der Waals surface area contributed by atoms with Crippen LogP contribution in [0.2, 0.25) is 0 Å². The van der Waals surface area contributed by atoms with Gasteiger partial charge in [0.05, 0.1) is 19.8 Å². The zero-order chi connectivity index (χ0) is 64.3. The maximum atomic E-state index is 12.0. The van der Waals surface area contributed by atoms with Crippen LogP contribution in [0, 0.1) is 62.1 Å². The first-order valence-electron chi connectivity index (χ1n) is 28.0. The fourth-order valence-electron chi connectivity index (χ4n) is 6.12. The molecule has 83 heavy (non-hydrogen) atoms. The van der Waals surface area contributed by atoms with E-state index in [1.165, 1.54) is 7.11 Å². The van der Waals surface area contributed by atoms with Crippen molar-refractivity contribution in [3.8, 4) is 5.75 Å². The molecule has 0 bridgehead atoms. The number of Topliss-reactive ketones (excluding diaryl/α,β-unsaturated/α-hetero) is 2. The van der Waals surface area contributed by atoms with E-state index < -0.39 is 20.3 Å². The molecule has 4 rings (SSSR count). The van der Waals surface area contributed by atoms with Crippen molar-refractivity contribution in [3.05, 3.63) is 143 Å². The molecule has 1 amide bonds. The summed E-state index contributed by atoms with van der Waals surface area (Å²) in [6, 6.07) is 31.5. The lowest BCUT2D eigenvalue weighted by Crippen LogP contribution is -2.49. The largest absolute Gasteiger partial charge is 0.494 e. The molecule has 3 aromatic rings. The van der Waals surface area contributed by atoms with Crippen LogP contribution in [0.3, 0.4) is 0 Å². The summed E-state index contributed by atoms with van der Waals surface area (Å²) >= 11 is 0. The maximum Gasteiger partial charge on any atom is 0.296 e. The molecule has 1 saturated heterocycles. The fourth-order valence-corrected chi connectivity index (χ4v) is 6.12. The van der Waals surface area contributed by atoms with E-state index in [-0.39, 0.29) is 43.8 Å². The molecule has 0 unspecified atom stereocenters. The Kier molecular flexibility index (Phi) is 49.3. The number of carbonyl (C=O) groups excluding carboxylic acids is 3. The molecule has 1 heterocycles. The molecule has 23 heteroatoms. The predicted molar refractivity (Wildman–Crippen MR) is 322 cm³/mol. The standard InChI is InChI=1S/C14H20O.C12H23N3O4.C12H18O.C10H20O.C6H6.C2H5NO4.2C2H5NO3/c1-14(2,3)11-7-10-13(15)12-8-5-4-6-9-12;1-12(2,3)5-4-11(16)14-8-6-13(7-9-14)10-19-15(17)18;1-12(2,3)9-10-13-11-7-5-4-6-8-11;1-5-9(11)7-6-8-10(2,3)4;1-2-4-6-5-3-1;1-6-2-7-3(4)5;2*1-2-6-3(4)5/h4-6,8-9H,7,10-11H2,1-3H3;4-10H2,1-3H3;4-8H,9-10H2,1-3H3;5-8H2,1-4H3;1-6H;2H2,1H3;2*2H2,1H3. The van der Waals surface area contributed by atoms with E-state index in [4.69, 9.17) is 4.74 Å². The van der Waals surface area contributed by atoms with Crippen molar-refractivity contribution in [3.63, 3.8) is 0 Å². The van der Waals surface area contributed by atoms with Gasteiger partial charge in [-0.25, -0.2) is 0 Å². The Morgan fingerprint density at radius 2 is 0.880 bits per heavy atom. The van der Waals surface area contributed by atoms with Crippen LogP contribution >= 0.6 is 0 Å². The van der Waals surface area contributed by atoms with Crippen LogP contribution in [-0.2, 0) is 33.7 Å². The van der Waals surface area contributed by atoms with E-state index in [0.717, 1.165) is 62.9 Å². The van der Waals surface area contributed by atoms with Gasteiger partial charge in [-0.1, -0.05) is 175 Å². The van der Waals surface area contributed by atoms with E-state index in [9.17, 15) is 54.8 Å². The molecule has 0 N–H and O–H groups in total. The highest BCUT2D eigenvalue weighted by Gasteiger charge is 2.23. The number of nitrogens with zero attached hydrogens (tertiary/aromatic N) is 6. The van der Waals surface area contributed by atoms with Gasteiger partial charge in [-0.05, 0) is 86.2 Å². The van der Waals surface area contributed by atoms with Crippen LogP contribution in [0.15, 0.2) is 97.1 Å². The number of rotatable bonds is 23. The lowest BCUT2D eigenvalue weighted by molar-refractivity contribution is -0.766. The molecular formula is C60H102N6O17. The van der Waals surface area contributed by atoms with Gasteiger partial charge in [0.2, 0.25) is 5.91 Å². The number of para-hydroxylation sites is 1. The molecule has 0 aromatic heterocycles. The van der Waals surface area contributed by atoms with Crippen molar-refractivity contribution in [1.29, 1.82) is 0 Å². The molecule has 0 radical (unpaired) electrons. The summed E-state index contributed by atoms with van der Waals surface area (Å²) in [5, 5.41) is 34.4. The van der Waals surface area contributed by atoms with Crippen molar-refractivity contribution in [2.24, 2.45) is 21.7 Å². The van der Waals surface area contributed by atoms with Gasteiger partial charge in [0, 0.05) is 64.5 Å². The summed E-state index contributed by atoms with van der Waals surface area (Å²) in [4.78, 5) is 91.5. The molecule has 0 aliphatic carbocycles. The molecule has 0 atom stereocenters.